The number of likely N-dealkylation sites (tertiary alicyclic amines) is 1. The molecule has 45 heavy (non-hydrogen) atoms. The summed E-state index contributed by atoms with van der Waals surface area (Å²) in [5, 5.41) is 8.40. The van der Waals surface area contributed by atoms with Crippen LogP contribution in [0, 0.1) is 5.92 Å². The monoisotopic (exact) mass is 644 g/mol. The molecule has 3 aromatic rings. The van der Waals surface area contributed by atoms with Crippen LogP contribution >= 0.6 is 11.3 Å². The van der Waals surface area contributed by atoms with Crippen LogP contribution in [-0.2, 0) is 28.5 Å². The molecular weight excluding hydrogens is 613 g/mol. The molecular formula is C31H31F6LiN4O2S. The number of benzene rings is 2. The van der Waals surface area contributed by atoms with Gasteiger partial charge in [-0.15, -0.1) is 0 Å². The first-order valence-corrected chi connectivity index (χ1v) is 15.3. The molecule has 0 radical (unpaired) electrons. The molecule has 0 bridgehead atoms. The van der Waals surface area contributed by atoms with E-state index in [1.807, 2.05) is 18.2 Å². The summed E-state index contributed by atoms with van der Waals surface area (Å²) < 4.78 is 80.0. The van der Waals surface area contributed by atoms with Crippen LogP contribution in [0.1, 0.15) is 71.9 Å². The number of alkyl halides is 6. The zero-order valence-corrected chi connectivity index (χ0v) is 25.4. The summed E-state index contributed by atoms with van der Waals surface area (Å²) in [6, 6.07) is 11.5. The maximum Gasteiger partial charge on any atom is 1.00 e. The van der Waals surface area contributed by atoms with Crippen LogP contribution in [0.2, 0.25) is 0 Å². The molecule has 2 aromatic carbocycles. The Hall–Kier alpha value is -2.85. The number of thiazole rings is 1. The van der Waals surface area contributed by atoms with Gasteiger partial charge in [0.05, 0.1) is 17.0 Å². The number of carbonyl (C=O) groups excluding carboxylic acids is 2. The molecule has 2 heterocycles. The van der Waals surface area contributed by atoms with E-state index in [1.54, 1.807) is 5.38 Å². The van der Waals surface area contributed by atoms with Crippen molar-refractivity contribution < 1.29 is 54.8 Å². The van der Waals surface area contributed by atoms with Gasteiger partial charge in [-0.1, -0.05) is 30.3 Å². The smallest absolute Gasteiger partial charge is 0.429 e. The van der Waals surface area contributed by atoms with Gasteiger partial charge in [0, 0.05) is 17.6 Å². The van der Waals surface area contributed by atoms with Gasteiger partial charge in [0.25, 0.3) is 0 Å². The molecule has 2 fully saturated rings. The summed E-state index contributed by atoms with van der Waals surface area (Å²) in [5.41, 5.74) is -1.58. The first kappa shape index (κ1) is 35.0. The first-order valence-electron chi connectivity index (χ1n) is 14.4. The number of rotatable bonds is 10. The number of nitrogens with zero attached hydrogens (tertiary/aromatic N) is 3. The van der Waals surface area contributed by atoms with Gasteiger partial charge >= 0.3 is 31.2 Å². The third-order valence-corrected chi connectivity index (χ3v) is 8.78. The van der Waals surface area contributed by atoms with Crippen molar-refractivity contribution in [3.63, 3.8) is 0 Å². The molecule has 236 valence electrons. The number of hydrogen-bond donors (Lipinski definition) is 1. The second-order valence-corrected chi connectivity index (χ2v) is 12.1. The Labute approximate surface area is 273 Å². The minimum atomic E-state index is -4.99. The van der Waals surface area contributed by atoms with E-state index < -0.39 is 41.8 Å². The van der Waals surface area contributed by atoms with E-state index in [0.29, 0.717) is 36.7 Å². The zero-order chi connectivity index (χ0) is 31.5. The predicted octanol–water partition coefficient (Wildman–Crippen LogP) is 4.80. The Balaban J connectivity index is 0.00000461. The average Bonchev–Trinajstić information content (AvgIpc) is 3.75. The molecule has 1 saturated heterocycles. The first-order chi connectivity index (χ1) is 20.9. The fourth-order valence-electron chi connectivity index (χ4n) is 5.38. The zero-order valence-electron chi connectivity index (χ0n) is 24.6. The number of halogens is 6. The summed E-state index contributed by atoms with van der Waals surface area (Å²) in [4.78, 5) is 32.2. The quantitative estimate of drug-likeness (QED) is 0.255. The van der Waals surface area contributed by atoms with Gasteiger partial charge in [-0.05, 0) is 98.1 Å². The van der Waals surface area contributed by atoms with E-state index in [2.05, 4.69) is 32.7 Å². The van der Waals surface area contributed by atoms with E-state index in [0.717, 1.165) is 50.1 Å². The summed E-state index contributed by atoms with van der Waals surface area (Å²) in [6.45, 7) is 1.62. The van der Waals surface area contributed by atoms with Gasteiger partial charge in [0.15, 0.2) is 5.91 Å². The molecule has 0 spiro atoms. The minimum absolute atomic E-state index is 0. The second kappa shape index (κ2) is 14.7. The van der Waals surface area contributed by atoms with E-state index in [1.165, 1.54) is 5.56 Å². The van der Waals surface area contributed by atoms with E-state index >= 15 is 0 Å². The molecule has 1 unspecified atom stereocenters. The molecule has 1 aromatic heterocycles. The van der Waals surface area contributed by atoms with Crippen molar-refractivity contribution in [1.29, 1.82) is 0 Å². The predicted molar refractivity (Wildman–Crippen MR) is 153 cm³/mol. The number of amides is 2. The molecule has 1 saturated carbocycles. The van der Waals surface area contributed by atoms with Crippen molar-refractivity contribution in [2.24, 2.45) is 5.92 Å². The Kier molecular flexibility index (Phi) is 11.4. The van der Waals surface area contributed by atoms with Crippen molar-refractivity contribution in [3.05, 3.63) is 87.2 Å². The van der Waals surface area contributed by atoms with E-state index in [-0.39, 0.29) is 47.4 Å². The van der Waals surface area contributed by atoms with Gasteiger partial charge in [0.2, 0.25) is 5.91 Å². The standard InChI is InChI=1S/C31H32F6N4O2S.Li/c32-30(33,34)23-14-19(15-24(16-23)31(35,36)37)17-38-28(43)25(26-18-44-29(39-26)40-27(42)22-6-7-22)10-13-41-11-8-21(9-12-41)20-4-2-1-3-5-20;/h1-5,14-16,18,21-22,25H,6-13,17H2,(H2,38,39,40,42,43);/q;+1/p-1. The Bertz CT molecular complexity index is 1420. The molecule has 1 atom stereocenters. The van der Waals surface area contributed by atoms with Crippen LogP contribution in [0.25, 0.3) is 5.32 Å². The second-order valence-electron chi connectivity index (χ2n) is 11.3. The van der Waals surface area contributed by atoms with Crippen LogP contribution in [-0.4, -0.2) is 41.3 Å². The van der Waals surface area contributed by atoms with Gasteiger partial charge in [-0.2, -0.15) is 37.7 Å². The van der Waals surface area contributed by atoms with Crippen molar-refractivity contribution in [2.45, 2.75) is 62.8 Å². The van der Waals surface area contributed by atoms with Crippen molar-refractivity contribution in [3.8, 4) is 0 Å². The molecule has 2 amide bonds. The number of aromatic nitrogens is 1. The molecule has 5 rings (SSSR count). The van der Waals surface area contributed by atoms with Crippen molar-refractivity contribution in [2.75, 3.05) is 19.6 Å². The summed E-state index contributed by atoms with van der Waals surface area (Å²) >= 11 is 1.11. The van der Waals surface area contributed by atoms with Gasteiger partial charge in [0.1, 0.15) is 0 Å². The van der Waals surface area contributed by atoms with Gasteiger partial charge in [-0.25, -0.2) is 0 Å². The van der Waals surface area contributed by atoms with Crippen molar-refractivity contribution in [1.82, 2.24) is 15.2 Å². The minimum Gasteiger partial charge on any atom is -0.429 e. The fourth-order valence-corrected chi connectivity index (χ4v) is 6.12. The van der Waals surface area contributed by atoms with Crippen LogP contribution in [0.3, 0.4) is 0 Å². The van der Waals surface area contributed by atoms with Gasteiger partial charge in [-0.3, -0.25) is 9.59 Å². The number of hydrogen-bond acceptors (Lipinski definition) is 5. The van der Waals surface area contributed by atoms with Crippen LogP contribution in [0.4, 0.5) is 31.5 Å². The summed E-state index contributed by atoms with van der Waals surface area (Å²) in [5.74, 6) is -1.36. The molecule has 1 aliphatic carbocycles. The topological polar surface area (TPSA) is 76.4 Å². The summed E-state index contributed by atoms with van der Waals surface area (Å²) in [7, 11) is 0. The third kappa shape index (κ3) is 9.58. The number of piperidine rings is 1. The fraction of sp³-hybridized carbons (Fsp3) is 0.452. The molecule has 1 aliphatic heterocycles. The van der Waals surface area contributed by atoms with E-state index in [4.69, 9.17) is 0 Å². The van der Waals surface area contributed by atoms with Crippen molar-refractivity contribution >= 4 is 28.3 Å². The third-order valence-electron chi connectivity index (χ3n) is 8.02. The largest absolute Gasteiger partial charge is 1.00 e. The average molecular weight is 645 g/mol. The molecule has 6 nitrogen and oxygen atoms in total. The summed E-state index contributed by atoms with van der Waals surface area (Å²) in [6.07, 6.45) is -6.22. The van der Waals surface area contributed by atoms with Crippen LogP contribution in [0.15, 0.2) is 53.9 Å². The Morgan fingerprint density at radius 2 is 1.58 bits per heavy atom. The number of carbonyl (C=O) groups is 2. The Morgan fingerprint density at radius 3 is 2.16 bits per heavy atom. The van der Waals surface area contributed by atoms with E-state index in [9.17, 15) is 35.9 Å². The molecule has 1 N–H and O–H groups in total. The van der Waals surface area contributed by atoms with Crippen LogP contribution in [0.5, 0.6) is 0 Å². The number of nitrogens with one attached hydrogen (secondary N) is 1. The van der Waals surface area contributed by atoms with Gasteiger partial charge < -0.3 is 20.5 Å². The normalized spacial score (nSPS) is 16.9. The maximum absolute atomic E-state index is 13.4. The van der Waals surface area contributed by atoms with Crippen LogP contribution < -0.4 is 24.2 Å². The SMILES string of the molecule is O=C([N-]c1nc(C(CCN2CCC(c3ccccc3)CC2)C(=O)NCc2cc(C(F)(F)F)cc(C(F)(F)F)c2)cs1)C1CC1.[Li+]. The molecule has 2 aliphatic rings. The Morgan fingerprint density at radius 1 is 0.956 bits per heavy atom. The molecule has 14 heteroatoms. The maximum atomic E-state index is 13.4.